The number of aliphatic hydroxyl groups is 6. The number of phenols is 1. The number of ether oxygens (including phenoxy) is 4. The average Bonchev–Trinajstić information content (AvgIpc) is 2.98. The van der Waals surface area contributed by atoms with E-state index in [0.717, 1.165) is 0 Å². The summed E-state index contributed by atoms with van der Waals surface area (Å²) in [6.45, 7) is 4.68. The molecule has 3 aromatic carbocycles. The molecule has 2 fully saturated rings. The van der Waals surface area contributed by atoms with Crippen molar-refractivity contribution in [3.63, 3.8) is 0 Å². The lowest BCUT2D eigenvalue weighted by Gasteiger charge is -2.39. The first-order valence-corrected chi connectivity index (χ1v) is 14.1. The van der Waals surface area contributed by atoms with Gasteiger partial charge >= 0.3 is 0 Å². The standard InChI is InChI=1S/C31H32O13/c1-10-7-13-9-15-20(24(35)18(13)17(8-10)44-31-29(40)27(38)22(33)12(3)42-31)25(36)19-14(23(15)34)5-4-6-16(19)43-30-28(39)26(37)21(32)11(2)41-30/h4-9,11-12,21-22,26-33,35,37-40H,1-3H3/t11-,12-,21-,22-,26+,27+,28+,29+,30-,31-/m0/s1. The molecule has 3 aliphatic rings. The number of benzene rings is 3. The van der Waals surface area contributed by atoms with Crippen LogP contribution >= 0.6 is 0 Å². The third-order valence-corrected chi connectivity index (χ3v) is 8.39. The van der Waals surface area contributed by atoms with Crippen molar-refractivity contribution in [3.8, 4) is 17.2 Å². The molecule has 0 unspecified atom stereocenters. The number of phenolic OH excluding ortho intramolecular Hbond substituents is 1. The molecule has 13 nitrogen and oxygen atoms in total. The van der Waals surface area contributed by atoms with Crippen LogP contribution in [-0.2, 0) is 9.47 Å². The summed E-state index contributed by atoms with van der Waals surface area (Å²) in [6, 6.07) is 8.87. The maximum Gasteiger partial charge on any atom is 0.229 e. The molecule has 44 heavy (non-hydrogen) atoms. The van der Waals surface area contributed by atoms with Crippen LogP contribution in [0.3, 0.4) is 0 Å². The molecule has 7 N–H and O–H groups in total. The van der Waals surface area contributed by atoms with Crippen molar-refractivity contribution in [3.05, 3.63) is 64.2 Å². The predicted octanol–water partition coefficient (Wildman–Crippen LogP) is 0.0418. The van der Waals surface area contributed by atoms with Crippen molar-refractivity contribution in [2.24, 2.45) is 0 Å². The topological polar surface area (TPSA) is 213 Å². The summed E-state index contributed by atoms with van der Waals surface area (Å²) in [7, 11) is 0. The number of fused-ring (bicyclic) bond motifs is 3. The Labute approximate surface area is 250 Å². The fourth-order valence-corrected chi connectivity index (χ4v) is 5.92. The minimum atomic E-state index is -1.68. The van der Waals surface area contributed by atoms with Crippen molar-refractivity contribution in [2.75, 3.05) is 0 Å². The van der Waals surface area contributed by atoms with E-state index in [9.17, 15) is 45.3 Å². The highest BCUT2D eigenvalue weighted by Crippen LogP contribution is 2.45. The van der Waals surface area contributed by atoms with Crippen molar-refractivity contribution >= 4 is 22.3 Å². The van der Waals surface area contributed by atoms with Gasteiger partial charge in [0.15, 0.2) is 5.78 Å². The molecule has 234 valence electrons. The van der Waals surface area contributed by atoms with E-state index in [1.165, 1.54) is 44.2 Å². The quantitative estimate of drug-likeness (QED) is 0.162. The largest absolute Gasteiger partial charge is 0.506 e. The minimum absolute atomic E-state index is 0.0176. The van der Waals surface area contributed by atoms with Crippen molar-refractivity contribution < 1.29 is 64.3 Å². The number of hydrogen-bond acceptors (Lipinski definition) is 13. The number of rotatable bonds is 4. The zero-order chi connectivity index (χ0) is 31.8. The Kier molecular flexibility index (Phi) is 7.63. The molecule has 0 bridgehead atoms. The van der Waals surface area contributed by atoms with Gasteiger partial charge in [-0.1, -0.05) is 18.2 Å². The molecule has 2 heterocycles. The maximum atomic E-state index is 14.0. The van der Waals surface area contributed by atoms with E-state index in [-0.39, 0.29) is 39.1 Å². The first-order valence-electron chi connectivity index (χ1n) is 14.1. The van der Waals surface area contributed by atoms with E-state index in [2.05, 4.69) is 0 Å². The third-order valence-electron chi connectivity index (χ3n) is 8.39. The highest BCUT2D eigenvalue weighted by atomic mass is 16.7. The number of carbonyl (C=O) groups excluding carboxylic acids is 2. The monoisotopic (exact) mass is 612 g/mol. The maximum absolute atomic E-state index is 14.0. The predicted molar refractivity (Wildman–Crippen MR) is 150 cm³/mol. The summed E-state index contributed by atoms with van der Waals surface area (Å²) in [6.07, 6.45) is -14.0. The van der Waals surface area contributed by atoms with Gasteiger partial charge in [-0.15, -0.1) is 0 Å². The lowest BCUT2D eigenvalue weighted by Crippen LogP contribution is -2.58. The van der Waals surface area contributed by atoms with Crippen LogP contribution < -0.4 is 9.47 Å². The number of carbonyl (C=O) groups is 2. The Hall–Kier alpha value is -3.66. The molecular formula is C31H32O13. The molecule has 2 saturated heterocycles. The number of aromatic hydroxyl groups is 1. The number of aryl methyl sites for hydroxylation is 1. The van der Waals surface area contributed by atoms with Crippen LogP contribution in [0.15, 0.2) is 36.4 Å². The third kappa shape index (κ3) is 4.73. The van der Waals surface area contributed by atoms with Crippen molar-refractivity contribution in [1.29, 1.82) is 0 Å². The van der Waals surface area contributed by atoms with Gasteiger partial charge in [-0.25, -0.2) is 0 Å². The van der Waals surface area contributed by atoms with Gasteiger partial charge in [0.2, 0.25) is 18.4 Å². The van der Waals surface area contributed by atoms with E-state index in [4.69, 9.17) is 18.9 Å². The molecule has 13 heteroatoms. The summed E-state index contributed by atoms with van der Waals surface area (Å²) in [4.78, 5) is 27.8. The van der Waals surface area contributed by atoms with Crippen LogP contribution in [0, 0.1) is 6.92 Å². The summed E-state index contributed by atoms with van der Waals surface area (Å²) in [5, 5.41) is 73.4. The highest BCUT2D eigenvalue weighted by Gasteiger charge is 2.45. The Morgan fingerprint density at radius 2 is 1.23 bits per heavy atom. The van der Waals surface area contributed by atoms with Crippen LogP contribution in [0.5, 0.6) is 17.2 Å². The zero-order valence-electron chi connectivity index (χ0n) is 23.8. The van der Waals surface area contributed by atoms with Gasteiger partial charge in [-0.3, -0.25) is 9.59 Å². The van der Waals surface area contributed by atoms with Gasteiger partial charge in [0.05, 0.1) is 28.7 Å². The second-order valence-corrected chi connectivity index (χ2v) is 11.4. The molecular weight excluding hydrogens is 580 g/mol. The summed E-state index contributed by atoms with van der Waals surface area (Å²) in [5.41, 5.74) is -0.0209. The number of ketones is 2. The summed E-state index contributed by atoms with van der Waals surface area (Å²) >= 11 is 0. The van der Waals surface area contributed by atoms with E-state index in [1.807, 2.05) is 0 Å². The van der Waals surface area contributed by atoms with Crippen LogP contribution in [0.2, 0.25) is 0 Å². The second-order valence-electron chi connectivity index (χ2n) is 11.4. The van der Waals surface area contributed by atoms with Gasteiger partial charge in [-0.05, 0) is 49.9 Å². The summed E-state index contributed by atoms with van der Waals surface area (Å²) < 4.78 is 22.8. The number of hydrogen-bond donors (Lipinski definition) is 7. The van der Waals surface area contributed by atoms with E-state index in [0.29, 0.717) is 10.9 Å². The van der Waals surface area contributed by atoms with Gasteiger partial charge in [0.25, 0.3) is 0 Å². The number of aliphatic hydroxyl groups excluding tert-OH is 6. The molecule has 10 atom stereocenters. The van der Waals surface area contributed by atoms with Crippen molar-refractivity contribution in [2.45, 2.75) is 82.2 Å². The fourth-order valence-electron chi connectivity index (χ4n) is 5.92. The summed E-state index contributed by atoms with van der Waals surface area (Å²) in [5.74, 6) is -2.14. The SMILES string of the molecule is Cc1cc(O[C@@H]2O[C@@H](C)[C@H](O)[C@@H](O)[C@H]2O)c2c(O)c3c(cc2c1)C(=O)c1cccc(O[C@@H]2O[C@@H](C)[C@H](O)[C@@H](O)[C@H]2O)c1C3=O. The molecule has 0 aromatic heterocycles. The second kappa shape index (κ2) is 11.1. The van der Waals surface area contributed by atoms with Gasteiger partial charge in [0, 0.05) is 11.1 Å². The highest BCUT2D eigenvalue weighted by molar-refractivity contribution is 6.32. The lowest BCUT2D eigenvalue weighted by atomic mass is 9.81. The Balaban J connectivity index is 1.43. The smallest absolute Gasteiger partial charge is 0.229 e. The van der Waals surface area contributed by atoms with Crippen LogP contribution in [0.4, 0.5) is 0 Å². The Morgan fingerprint density at radius 3 is 1.82 bits per heavy atom. The van der Waals surface area contributed by atoms with E-state index >= 15 is 0 Å². The normalized spacial score (nSPS) is 33.6. The van der Waals surface area contributed by atoms with Gasteiger partial charge in [-0.2, -0.15) is 0 Å². The first-order chi connectivity index (χ1) is 20.8. The molecule has 2 aliphatic heterocycles. The average molecular weight is 613 g/mol. The Bertz CT molecular complexity index is 1650. The van der Waals surface area contributed by atoms with E-state index in [1.54, 1.807) is 13.0 Å². The minimum Gasteiger partial charge on any atom is -0.506 e. The molecule has 0 amide bonds. The van der Waals surface area contributed by atoms with Crippen molar-refractivity contribution in [1.82, 2.24) is 0 Å². The van der Waals surface area contributed by atoms with E-state index < -0.39 is 78.7 Å². The molecule has 1 aliphatic carbocycles. The molecule has 0 radical (unpaired) electrons. The van der Waals surface area contributed by atoms with Gasteiger partial charge in [0.1, 0.15) is 53.9 Å². The lowest BCUT2D eigenvalue weighted by molar-refractivity contribution is -0.268. The molecule has 6 rings (SSSR count). The first kappa shape index (κ1) is 30.4. The zero-order valence-corrected chi connectivity index (χ0v) is 23.8. The van der Waals surface area contributed by atoms with Gasteiger partial charge < -0.3 is 54.7 Å². The van der Waals surface area contributed by atoms with Crippen LogP contribution in [-0.4, -0.2) is 109 Å². The fraction of sp³-hybridized carbons (Fsp3) is 0.419. The molecule has 0 saturated carbocycles. The molecule has 3 aromatic rings. The van der Waals surface area contributed by atoms with Crippen LogP contribution in [0.25, 0.3) is 10.8 Å². The van der Waals surface area contributed by atoms with Crippen LogP contribution in [0.1, 0.15) is 51.3 Å². The Morgan fingerprint density at radius 1 is 0.659 bits per heavy atom. The molecule has 0 spiro atoms.